The predicted octanol–water partition coefficient (Wildman–Crippen LogP) is -3.37. The van der Waals surface area contributed by atoms with Crippen LogP contribution in [0.15, 0.2) is 54.6 Å². The second kappa shape index (κ2) is 25.1. The largest absolute Gasteiger partial charge is 0.508 e. The van der Waals surface area contributed by atoms with Crippen molar-refractivity contribution in [3.05, 3.63) is 65.7 Å². The molecular formula is C37H48N8O15. The summed E-state index contributed by atoms with van der Waals surface area (Å²) >= 11 is 0. The predicted molar refractivity (Wildman–Crippen MR) is 205 cm³/mol. The standard InChI is InChI=1S/C37H48N8O15/c1-20(41-37(59)60-19-22-5-3-2-4-6-22)33(55)39-16-28(48)42-25(12-14-31(52)53)35(57)45-27(18-46)34(56)40-17-29(49)43-26(15-21-7-9-23(47)10-8-21)36(58)44-24(32(38)54)11-13-30(50)51/h2-10,20,24-27,46-47H,11-19H2,1H3,(H2,38,54)(H,39,55)(H,40,56)(H,41,59)(H,42,48)(H,43,49)(H,44,58)(H,45,57)(H,50,51)(H,52,53)/t20-,24-,25-,26-,27-/m0/s1. The van der Waals surface area contributed by atoms with Gasteiger partial charge >= 0.3 is 18.0 Å². The van der Waals surface area contributed by atoms with E-state index in [-0.39, 0.29) is 25.2 Å². The second-order valence-electron chi connectivity index (χ2n) is 13.0. The highest BCUT2D eigenvalue weighted by Crippen LogP contribution is 2.12. The lowest BCUT2D eigenvalue weighted by Crippen LogP contribution is -2.57. The van der Waals surface area contributed by atoms with Gasteiger partial charge in [-0.2, -0.15) is 0 Å². The number of hydrogen-bond acceptors (Lipinski definition) is 13. The zero-order valence-electron chi connectivity index (χ0n) is 32.3. The van der Waals surface area contributed by atoms with Gasteiger partial charge in [0.2, 0.25) is 41.4 Å². The lowest BCUT2D eigenvalue weighted by Gasteiger charge is -2.23. The van der Waals surface area contributed by atoms with Gasteiger partial charge in [-0.25, -0.2) is 4.79 Å². The van der Waals surface area contributed by atoms with E-state index in [1.165, 1.54) is 31.2 Å². The number of aliphatic hydroxyl groups is 1. The average molecular weight is 845 g/mol. The molecule has 326 valence electrons. The fourth-order valence-corrected chi connectivity index (χ4v) is 5.01. The number of aliphatic carboxylic acids is 2. The van der Waals surface area contributed by atoms with Crippen LogP contribution in [0, 0.1) is 0 Å². The van der Waals surface area contributed by atoms with Crippen molar-refractivity contribution in [3.63, 3.8) is 0 Å². The molecule has 0 radical (unpaired) electrons. The fraction of sp³-hybridized carbons (Fsp3) is 0.405. The Kier molecular flexibility index (Phi) is 20.5. The van der Waals surface area contributed by atoms with Crippen LogP contribution in [0.4, 0.5) is 4.79 Å². The van der Waals surface area contributed by atoms with Gasteiger partial charge in [-0.15, -0.1) is 0 Å². The van der Waals surface area contributed by atoms with Crippen LogP contribution in [0.1, 0.15) is 43.7 Å². The molecule has 0 aliphatic carbocycles. The summed E-state index contributed by atoms with van der Waals surface area (Å²) in [6.45, 7) is -1.35. The first-order valence-corrected chi connectivity index (χ1v) is 18.2. The molecule has 0 aliphatic heterocycles. The average Bonchev–Trinajstić information content (AvgIpc) is 3.20. The van der Waals surface area contributed by atoms with Crippen LogP contribution in [0.5, 0.6) is 5.75 Å². The minimum atomic E-state index is -1.75. The highest BCUT2D eigenvalue weighted by molar-refractivity contribution is 5.96. The number of aromatic hydroxyl groups is 1. The number of ether oxygens (including phenoxy) is 1. The van der Waals surface area contributed by atoms with Crippen molar-refractivity contribution >= 4 is 59.4 Å². The Bertz CT molecular complexity index is 1850. The van der Waals surface area contributed by atoms with Crippen LogP contribution in [0.3, 0.4) is 0 Å². The normalized spacial score (nSPS) is 13.0. The van der Waals surface area contributed by atoms with Crippen molar-refractivity contribution < 1.29 is 73.1 Å². The zero-order valence-corrected chi connectivity index (χ0v) is 32.3. The second-order valence-corrected chi connectivity index (χ2v) is 13.0. The molecule has 0 aromatic heterocycles. The minimum absolute atomic E-state index is 0.0675. The van der Waals surface area contributed by atoms with Crippen LogP contribution in [0.25, 0.3) is 0 Å². The number of rotatable bonds is 25. The van der Waals surface area contributed by atoms with Gasteiger partial charge in [0, 0.05) is 19.3 Å². The number of hydrogen-bond donors (Lipinski definition) is 12. The third kappa shape index (κ3) is 18.8. The van der Waals surface area contributed by atoms with E-state index in [1.54, 1.807) is 30.3 Å². The molecular weight excluding hydrogens is 796 g/mol. The molecule has 0 aliphatic rings. The van der Waals surface area contributed by atoms with Crippen LogP contribution in [-0.2, 0) is 60.9 Å². The summed E-state index contributed by atoms with van der Waals surface area (Å²) in [6, 6.07) is 6.83. The maximum atomic E-state index is 13.2. The first-order chi connectivity index (χ1) is 28.4. The number of carbonyl (C=O) groups is 10. The molecule has 23 heteroatoms. The highest BCUT2D eigenvalue weighted by Gasteiger charge is 2.29. The molecule has 0 saturated heterocycles. The van der Waals surface area contributed by atoms with Crippen molar-refractivity contribution in [2.75, 3.05) is 19.7 Å². The van der Waals surface area contributed by atoms with Crippen LogP contribution in [-0.4, -0.2) is 130 Å². The fourth-order valence-electron chi connectivity index (χ4n) is 5.01. The Morgan fingerprint density at radius 1 is 0.617 bits per heavy atom. The molecule has 0 spiro atoms. The van der Waals surface area contributed by atoms with E-state index in [9.17, 15) is 58.2 Å². The van der Waals surface area contributed by atoms with Gasteiger partial charge < -0.3 is 68.1 Å². The summed E-state index contributed by atoms with van der Waals surface area (Å²) in [6.07, 6.45) is -3.13. The number of nitrogens with two attached hydrogens (primary N) is 1. The van der Waals surface area contributed by atoms with Crippen molar-refractivity contribution in [2.45, 2.75) is 75.8 Å². The number of nitrogens with one attached hydrogen (secondary N) is 7. The number of carbonyl (C=O) groups excluding carboxylic acids is 8. The summed E-state index contributed by atoms with van der Waals surface area (Å²) in [7, 11) is 0. The number of phenols is 1. The third-order valence-corrected chi connectivity index (χ3v) is 8.24. The Labute approximate surface area is 342 Å². The topological polar surface area (TPSA) is 371 Å². The first kappa shape index (κ1) is 48.8. The number of primary amides is 1. The first-order valence-electron chi connectivity index (χ1n) is 18.2. The molecule has 0 fully saturated rings. The van der Waals surface area contributed by atoms with Crippen molar-refractivity contribution in [2.24, 2.45) is 5.73 Å². The summed E-state index contributed by atoms with van der Waals surface area (Å²) < 4.78 is 5.05. The summed E-state index contributed by atoms with van der Waals surface area (Å²) in [5, 5.41) is 53.3. The molecule has 0 bridgehead atoms. The zero-order chi connectivity index (χ0) is 44.8. The third-order valence-electron chi connectivity index (χ3n) is 8.24. The van der Waals surface area contributed by atoms with E-state index >= 15 is 0 Å². The molecule has 0 saturated carbocycles. The van der Waals surface area contributed by atoms with Crippen LogP contribution in [0.2, 0.25) is 0 Å². The van der Waals surface area contributed by atoms with E-state index in [2.05, 4.69) is 37.2 Å². The molecule has 60 heavy (non-hydrogen) atoms. The Balaban J connectivity index is 1.99. The van der Waals surface area contributed by atoms with E-state index in [1.807, 2.05) is 0 Å². The van der Waals surface area contributed by atoms with Gasteiger partial charge in [-0.05, 0) is 43.0 Å². The smallest absolute Gasteiger partial charge is 0.408 e. The van der Waals surface area contributed by atoms with Gasteiger partial charge in [0.05, 0.1) is 19.7 Å². The maximum absolute atomic E-state index is 13.2. The quantitative estimate of drug-likeness (QED) is 0.0464. The van der Waals surface area contributed by atoms with Gasteiger partial charge in [0.25, 0.3) is 0 Å². The maximum Gasteiger partial charge on any atom is 0.408 e. The highest BCUT2D eigenvalue weighted by atomic mass is 16.5. The number of carboxylic acid groups (broad SMARTS) is 2. The number of aliphatic hydroxyl groups excluding tert-OH is 1. The van der Waals surface area contributed by atoms with Gasteiger partial charge in [0.15, 0.2) is 0 Å². The van der Waals surface area contributed by atoms with Crippen LogP contribution >= 0.6 is 0 Å². The summed E-state index contributed by atoms with van der Waals surface area (Å²) in [5.41, 5.74) is 6.43. The molecule has 2 aromatic rings. The number of alkyl carbamates (subject to hydrolysis) is 1. The van der Waals surface area contributed by atoms with Crippen molar-refractivity contribution in [3.8, 4) is 5.75 Å². The summed E-state index contributed by atoms with van der Waals surface area (Å²) in [4.78, 5) is 123. The van der Waals surface area contributed by atoms with E-state index < -0.39 is 129 Å². The molecule has 2 rings (SSSR count). The lowest BCUT2D eigenvalue weighted by atomic mass is 10.0. The number of phenolic OH excluding ortho intramolecular Hbond substituents is 1. The van der Waals surface area contributed by atoms with Crippen molar-refractivity contribution in [1.82, 2.24) is 37.2 Å². The van der Waals surface area contributed by atoms with Gasteiger partial charge in [0.1, 0.15) is 42.6 Å². The van der Waals surface area contributed by atoms with E-state index in [0.717, 1.165) is 0 Å². The molecule has 0 heterocycles. The monoisotopic (exact) mass is 844 g/mol. The summed E-state index contributed by atoms with van der Waals surface area (Å²) in [5.74, 6) is -9.70. The van der Waals surface area contributed by atoms with Crippen molar-refractivity contribution in [1.29, 1.82) is 0 Å². The van der Waals surface area contributed by atoms with Crippen LogP contribution < -0.4 is 43.0 Å². The number of amides is 8. The van der Waals surface area contributed by atoms with E-state index in [0.29, 0.717) is 11.1 Å². The SMILES string of the molecule is C[C@H](NC(=O)OCc1ccccc1)C(=O)NCC(=O)N[C@@H](CCC(=O)O)C(=O)N[C@@H](CO)C(=O)NCC(=O)N[C@@H](Cc1ccc(O)cc1)C(=O)N[C@@H](CCC(=O)O)C(N)=O. The lowest BCUT2D eigenvalue weighted by molar-refractivity contribution is -0.139. The van der Waals surface area contributed by atoms with Gasteiger partial charge in [-0.3, -0.25) is 43.2 Å². The molecule has 0 unspecified atom stereocenters. The van der Waals surface area contributed by atoms with Gasteiger partial charge in [-0.1, -0.05) is 42.5 Å². The number of carboxylic acids is 2. The minimum Gasteiger partial charge on any atom is -0.508 e. The Morgan fingerprint density at radius 3 is 1.68 bits per heavy atom. The molecule has 13 N–H and O–H groups in total. The molecule has 5 atom stereocenters. The molecule has 8 amide bonds. The molecule has 2 aromatic carbocycles. The van der Waals surface area contributed by atoms with E-state index in [4.69, 9.17) is 20.7 Å². The Hall–Kier alpha value is -7.30. The number of benzene rings is 2. The Morgan fingerprint density at radius 2 is 1.13 bits per heavy atom. The molecule has 23 nitrogen and oxygen atoms in total.